The molecule has 0 amide bonds. The summed E-state index contributed by atoms with van der Waals surface area (Å²) in [4.78, 5) is 0. The van der Waals surface area contributed by atoms with Crippen LogP contribution < -0.4 is 5.32 Å². The number of rotatable bonds is 2. The van der Waals surface area contributed by atoms with Crippen LogP contribution in [0.5, 0.6) is 0 Å². The third-order valence-electron chi connectivity index (χ3n) is 5.48. The standard InChI is InChI=1S/C20H20Cl2N2O/c21-14-6-1-4-12(10-14)18-16-8-3-9-17(20(16)24-25)19(23-18)13-5-2-7-15(22)11-13/h1-2,4-7,10-11,16-19,23,25H,3,8-9H2. The number of nitrogens with one attached hydrogen (secondary N) is 1. The van der Waals surface area contributed by atoms with Crippen molar-refractivity contribution in [3.8, 4) is 0 Å². The van der Waals surface area contributed by atoms with Gasteiger partial charge in [-0.15, -0.1) is 0 Å². The Morgan fingerprint density at radius 1 is 0.880 bits per heavy atom. The smallest absolute Gasteiger partial charge is 0.0670 e. The lowest BCUT2D eigenvalue weighted by molar-refractivity contribution is 0.214. The van der Waals surface area contributed by atoms with Crippen LogP contribution >= 0.6 is 23.2 Å². The molecular formula is C20H20Cl2N2O. The molecule has 5 heteroatoms. The summed E-state index contributed by atoms with van der Waals surface area (Å²) in [6.45, 7) is 0. The maximum Gasteiger partial charge on any atom is 0.0670 e. The van der Waals surface area contributed by atoms with Gasteiger partial charge >= 0.3 is 0 Å². The number of oxime groups is 1. The van der Waals surface area contributed by atoms with Crippen molar-refractivity contribution < 1.29 is 5.21 Å². The first kappa shape index (κ1) is 16.9. The molecule has 1 saturated carbocycles. The minimum atomic E-state index is 0.0742. The van der Waals surface area contributed by atoms with Crippen molar-refractivity contribution in [3.05, 3.63) is 69.7 Å². The molecule has 0 radical (unpaired) electrons. The molecule has 2 fully saturated rings. The van der Waals surface area contributed by atoms with E-state index in [0.717, 1.165) is 46.1 Å². The number of piperidine rings is 1. The van der Waals surface area contributed by atoms with Crippen molar-refractivity contribution in [1.29, 1.82) is 0 Å². The lowest BCUT2D eigenvalue weighted by atomic mass is 9.67. The molecule has 4 atom stereocenters. The molecule has 2 aromatic rings. The molecule has 1 aliphatic heterocycles. The molecular weight excluding hydrogens is 355 g/mol. The van der Waals surface area contributed by atoms with E-state index in [-0.39, 0.29) is 23.9 Å². The Kier molecular flexibility index (Phi) is 4.72. The summed E-state index contributed by atoms with van der Waals surface area (Å²) in [7, 11) is 0. The van der Waals surface area contributed by atoms with Crippen LogP contribution in [0, 0.1) is 11.8 Å². The van der Waals surface area contributed by atoms with E-state index in [1.54, 1.807) is 0 Å². The van der Waals surface area contributed by atoms with E-state index in [4.69, 9.17) is 23.2 Å². The molecule has 1 heterocycles. The first-order valence-corrected chi connectivity index (χ1v) is 9.42. The van der Waals surface area contributed by atoms with Crippen molar-refractivity contribution in [1.82, 2.24) is 5.32 Å². The van der Waals surface area contributed by atoms with E-state index in [9.17, 15) is 5.21 Å². The molecule has 1 saturated heterocycles. The van der Waals surface area contributed by atoms with Crippen molar-refractivity contribution in [2.24, 2.45) is 17.0 Å². The van der Waals surface area contributed by atoms with Crippen LogP contribution in [-0.4, -0.2) is 10.9 Å². The first-order chi connectivity index (χ1) is 12.2. The molecule has 2 aromatic carbocycles. The third-order valence-corrected chi connectivity index (χ3v) is 5.96. The van der Waals surface area contributed by atoms with Gasteiger partial charge in [-0.05, 0) is 48.2 Å². The van der Waals surface area contributed by atoms with Crippen molar-refractivity contribution in [2.75, 3.05) is 0 Å². The monoisotopic (exact) mass is 374 g/mol. The van der Waals surface area contributed by atoms with Crippen LogP contribution in [0.1, 0.15) is 42.5 Å². The summed E-state index contributed by atoms with van der Waals surface area (Å²) in [5.74, 6) is 0.385. The summed E-state index contributed by atoms with van der Waals surface area (Å²) in [6.07, 6.45) is 3.16. The van der Waals surface area contributed by atoms with Crippen LogP contribution in [0.4, 0.5) is 0 Å². The average molecular weight is 375 g/mol. The van der Waals surface area contributed by atoms with Crippen LogP contribution in [0.15, 0.2) is 53.7 Å². The lowest BCUT2D eigenvalue weighted by Crippen LogP contribution is -2.50. The van der Waals surface area contributed by atoms with Gasteiger partial charge in [0, 0.05) is 34.0 Å². The largest absolute Gasteiger partial charge is 0.411 e. The number of fused-ring (bicyclic) bond motifs is 2. The Hall–Kier alpha value is -1.55. The Labute approximate surface area is 157 Å². The maximum absolute atomic E-state index is 9.74. The van der Waals surface area contributed by atoms with Gasteiger partial charge in [0.1, 0.15) is 0 Å². The fourth-order valence-corrected chi connectivity index (χ4v) is 4.83. The van der Waals surface area contributed by atoms with Gasteiger partial charge < -0.3 is 10.5 Å². The van der Waals surface area contributed by atoms with Gasteiger partial charge in [0.15, 0.2) is 0 Å². The minimum absolute atomic E-state index is 0.0742. The summed E-state index contributed by atoms with van der Waals surface area (Å²) in [5, 5.41) is 18.7. The SMILES string of the molecule is ON=C1C2CCCC1C(c1cccc(Cl)c1)NC2c1cccc(Cl)c1. The van der Waals surface area contributed by atoms with E-state index in [2.05, 4.69) is 22.6 Å². The lowest BCUT2D eigenvalue weighted by Gasteiger charge is -2.47. The molecule has 0 aromatic heterocycles. The van der Waals surface area contributed by atoms with Gasteiger partial charge in [-0.1, -0.05) is 59.0 Å². The number of hydrogen-bond acceptors (Lipinski definition) is 3. The zero-order valence-electron chi connectivity index (χ0n) is 13.7. The van der Waals surface area contributed by atoms with Gasteiger partial charge in [-0.25, -0.2) is 0 Å². The summed E-state index contributed by atoms with van der Waals surface area (Å²) in [6, 6.07) is 16.0. The highest BCUT2D eigenvalue weighted by Crippen LogP contribution is 2.46. The third kappa shape index (κ3) is 3.17. The van der Waals surface area contributed by atoms with Gasteiger partial charge in [-0.3, -0.25) is 0 Å². The van der Waals surface area contributed by atoms with Crippen LogP contribution in [0.25, 0.3) is 0 Å². The van der Waals surface area contributed by atoms with Gasteiger partial charge in [0.25, 0.3) is 0 Å². The van der Waals surface area contributed by atoms with E-state index >= 15 is 0 Å². The van der Waals surface area contributed by atoms with Crippen molar-refractivity contribution >= 4 is 28.9 Å². The molecule has 2 aliphatic rings. The quantitative estimate of drug-likeness (QED) is 0.528. The summed E-state index contributed by atoms with van der Waals surface area (Å²) < 4.78 is 0. The first-order valence-electron chi connectivity index (χ1n) is 8.66. The molecule has 4 rings (SSSR count). The second-order valence-electron chi connectivity index (χ2n) is 6.90. The van der Waals surface area contributed by atoms with Crippen LogP contribution in [0.2, 0.25) is 10.0 Å². The van der Waals surface area contributed by atoms with Crippen molar-refractivity contribution in [2.45, 2.75) is 31.3 Å². The van der Waals surface area contributed by atoms with E-state index in [1.165, 1.54) is 0 Å². The highest BCUT2D eigenvalue weighted by Gasteiger charge is 2.45. The number of nitrogens with zero attached hydrogens (tertiary/aromatic N) is 1. The fourth-order valence-electron chi connectivity index (χ4n) is 4.43. The van der Waals surface area contributed by atoms with Crippen LogP contribution in [0.3, 0.4) is 0 Å². The Morgan fingerprint density at radius 2 is 1.40 bits per heavy atom. The molecule has 2 N–H and O–H groups in total. The maximum atomic E-state index is 9.74. The molecule has 3 nitrogen and oxygen atoms in total. The van der Waals surface area contributed by atoms with Crippen molar-refractivity contribution in [3.63, 3.8) is 0 Å². The van der Waals surface area contributed by atoms with Gasteiger partial charge in [-0.2, -0.15) is 0 Å². The Morgan fingerprint density at radius 3 is 1.84 bits per heavy atom. The second-order valence-corrected chi connectivity index (χ2v) is 7.77. The topological polar surface area (TPSA) is 44.6 Å². The number of benzene rings is 2. The molecule has 1 aliphatic carbocycles. The van der Waals surface area contributed by atoms with Gasteiger partial charge in [0.2, 0.25) is 0 Å². The molecule has 4 unspecified atom stereocenters. The molecule has 25 heavy (non-hydrogen) atoms. The highest BCUT2D eigenvalue weighted by molar-refractivity contribution is 6.30. The summed E-state index contributed by atoms with van der Waals surface area (Å²) in [5.41, 5.74) is 3.16. The van der Waals surface area contributed by atoms with Gasteiger partial charge in [0.05, 0.1) is 5.71 Å². The summed E-state index contributed by atoms with van der Waals surface area (Å²) >= 11 is 12.4. The molecule has 0 spiro atoms. The minimum Gasteiger partial charge on any atom is -0.411 e. The van der Waals surface area contributed by atoms with E-state index in [1.807, 2.05) is 36.4 Å². The normalized spacial score (nSPS) is 28.6. The molecule has 130 valence electrons. The Balaban J connectivity index is 1.78. The second kappa shape index (κ2) is 6.99. The van der Waals surface area contributed by atoms with E-state index < -0.39 is 0 Å². The zero-order valence-corrected chi connectivity index (χ0v) is 15.2. The fraction of sp³-hybridized carbons (Fsp3) is 0.350. The van der Waals surface area contributed by atoms with Crippen LogP contribution in [-0.2, 0) is 0 Å². The number of halogens is 2. The zero-order chi connectivity index (χ0) is 17.4. The molecule has 2 bridgehead atoms. The Bertz CT molecular complexity index is 746. The predicted octanol–water partition coefficient (Wildman–Crippen LogP) is 5.63. The average Bonchev–Trinajstić information content (AvgIpc) is 2.61. The predicted molar refractivity (Wildman–Crippen MR) is 102 cm³/mol. The number of hydrogen-bond donors (Lipinski definition) is 2. The van der Waals surface area contributed by atoms with E-state index in [0.29, 0.717) is 0 Å². The highest BCUT2D eigenvalue weighted by atomic mass is 35.5.